The van der Waals surface area contributed by atoms with Gasteiger partial charge in [0.05, 0.1) is 12.2 Å². The van der Waals surface area contributed by atoms with Crippen LogP contribution >= 0.6 is 10.7 Å². The van der Waals surface area contributed by atoms with Gasteiger partial charge in [0.1, 0.15) is 22.7 Å². The Balaban J connectivity index is 2.39. The molecule has 8 heteroatoms. The van der Waals surface area contributed by atoms with Crippen molar-refractivity contribution in [2.24, 2.45) is 0 Å². The van der Waals surface area contributed by atoms with E-state index in [0.717, 1.165) is 0 Å². The number of benzene rings is 1. The highest BCUT2D eigenvalue weighted by Gasteiger charge is 2.42. The predicted molar refractivity (Wildman–Crippen MR) is 88.7 cm³/mol. The molecule has 1 amide bonds. The average molecular weight is 362 g/mol. The number of halogens is 1. The molecule has 1 aromatic rings. The lowest BCUT2D eigenvalue weighted by Gasteiger charge is -2.41. The molecule has 0 saturated carbocycles. The summed E-state index contributed by atoms with van der Waals surface area (Å²) in [5.41, 5.74) is -1.29. The fourth-order valence-corrected chi connectivity index (χ4v) is 3.98. The van der Waals surface area contributed by atoms with Gasteiger partial charge in [-0.1, -0.05) is 12.1 Å². The molecule has 1 atom stereocenters. The van der Waals surface area contributed by atoms with E-state index < -0.39 is 32.1 Å². The second kappa shape index (κ2) is 5.87. The van der Waals surface area contributed by atoms with Gasteiger partial charge in [0, 0.05) is 10.7 Å². The first kappa shape index (κ1) is 17.9. The lowest BCUT2D eigenvalue weighted by Crippen LogP contribution is -2.55. The summed E-state index contributed by atoms with van der Waals surface area (Å²) in [5, 5.41) is 0. The molecular formula is C15H20ClNO5S. The van der Waals surface area contributed by atoms with Crippen molar-refractivity contribution in [1.82, 2.24) is 0 Å². The van der Waals surface area contributed by atoms with Crippen LogP contribution in [0.2, 0.25) is 0 Å². The largest absolute Gasteiger partial charge is 0.482 e. The second-order valence-electron chi connectivity index (χ2n) is 6.77. The molecule has 6 nitrogen and oxygen atoms in total. The summed E-state index contributed by atoms with van der Waals surface area (Å²) in [6.45, 7) is 6.91. The van der Waals surface area contributed by atoms with E-state index in [4.69, 9.17) is 20.2 Å². The van der Waals surface area contributed by atoms with Crippen LogP contribution in [0.5, 0.6) is 5.75 Å². The van der Waals surface area contributed by atoms with Crippen molar-refractivity contribution < 1.29 is 22.7 Å². The smallest absolute Gasteiger partial charge is 0.415 e. The first-order valence-corrected chi connectivity index (χ1v) is 9.57. The summed E-state index contributed by atoms with van der Waals surface area (Å²) in [5.74, 6) is -0.0118. The van der Waals surface area contributed by atoms with Crippen molar-refractivity contribution in [1.29, 1.82) is 0 Å². The van der Waals surface area contributed by atoms with Crippen LogP contribution in [0.3, 0.4) is 0 Å². The number of para-hydroxylation sites is 2. The van der Waals surface area contributed by atoms with Crippen molar-refractivity contribution >= 4 is 31.5 Å². The highest BCUT2D eigenvalue weighted by Crippen LogP contribution is 2.38. The first-order chi connectivity index (χ1) is 10.4. The Hall–Kier alpha value is -1.47. The summed E-state index contributed by atoms with van der Waals surface area (Å²) >= 11 is 0. The highest BCUT2D eigenvalue weighted by atomic mass is 35.7. The van der Waals surface area contributed by atoms with Gasteiger partial charge in [-0.25, -0.2) is 13.2 Å². The van der Waals surface area contributed by atoms with Crippen LogP contribution in [-0.2, 0) is 13.8 Å². The van der Waals surface area contributed by atoms with Crippen LogP contribution in [-0.4, -0.2) is 38.0 Å². The molecule has 1 unspecified atom stereocenters. The molecule has 1 aliphatic heterocycles. The number of hydrogen-bond acceptors (Lipinski definition) is 5. The number of fused-ring (bicyclic) bond motifs is 1. The molecule has 0 fully saturated rings. The normalized spacial score (nSPS) is 21.3. The monoisotopic (exact) mass is 361 g/mol. The molecule has 128 valence electrons. The van der Waals surface area contributed by atoms with Crippen molar-refractivity contribution in [3.8, 4) is 5.75 Å². The van der Waals surface area contributed by atoms with Gasteiger partial charge < -0.3 is 9.47 Å². The molecule has 0 aromatic heterocycles. The third-order valence-electron chi connectivity index (χ3n) is 3.10. The summed E-state index contributed by atoms with van der Waals surface area (Å²) < 4.78 is 34.1. The zero-order chi connectivity index (χ0) is 17.5. The number of amides is 1. The molecule has 0 spiro atoms. The van der Waals surface area contributed by atoms with Gasteiger partial charge in [-0.05, 0) is 39.8 Å². The number of carbonyl (C=O) groups is 1. The van der Waals surface area contributed by atoms with E-state index in [-0.39, 0.29) is 6.54 Å². The van der Waals surface area contributed by atoms with Crippen molar-refractivity contribution in [3.05, 3.63) is 24.3 Å². The molecule has 23 heavy (non-hydrogen) atoms. The van der Waals surface area contributed by atoms with Gasteiger partial charge in [0.2, 0.25) is 9.05 Å². The standard InChI is InChI=1S/C15H20ClNO5S/c1-14(2,3)22-13(18)17-9-15(4,10-23(16,19)20)21-12-8-6-5-7-11(12)17/h5-8H,9-10H2,1-4H3. The number of ether oxygens (including phenoxy) is 2. The number of nitrogens with zero attached hydrogens (tertiary/aromatic N) is 1. The SMILES string of the molecule is CC(C)(C)OC(=O)N1CC(C)(CS(=O)(=O)Cl)Oc2ccccc21. The summed E-state index contributed by atoms with van der Waals surface area (Å²) in [6, 6.07) is 6.90. The lowest BCUT2D eigenvalue weighted by atomic mass is 10.1. The Bertz CT molecular complexity index is 713. The number of hydrogen-bond donors (Lipinski definition) is 0. The van der Waals surface area contributed by atoms with Crippen LogP contribution in [0.1, 0.15) is 27.7 Å². The fourth-order valence-electron chi connectivity index (χ4n) is 2.40. The molecule has 1 aliphatic rings. The summed E-state index contributed by atoms with van der Waals surface area (Å²) in [7, 11) is 1.57. The van der Waals surface area contributed by atoms with E-state index in [9.17, 15) is 13.2 Å². The second-order valence-corrected chi connectivity index (χ2v) is 9.55. The van der Waals surface area contributed by atoms with Gasteiger partial charge in [-0.2, -0.15) is 0 Å². The third kappa shape index (κ3) is 4.75. The molecule has 2 rings (SSSR count). The maximum Gasteiger partial charge on any atom is 0.415 e. The van der Waals surface area contributed by atoms with E-state index in [1.807, 2.05) is 0 Å². The summed E-state index contributed by atoms with van der Waals surface area (Å²) in [6.07, 6.45) is -0.563. The molecule has 0 saturated heterocycles. The maximum atomic E-state index is 12.5. The minimum Gasteiger partial charge on any atom is -0.482 e. The van der Waals surface area contributed by atoms with E-state index in [0.29, 0.717) is 11.4 Å². The molecule has 0 radical (unpaired) electrons. The van der Waals surface area contributed by atoms with Crippen LogP contribution in [0.15, 0.2) is 24.3 Å². The Labute approximate surface area is 140 Å². The Morgan fingerprint density at radius 1 is 1.39 bits per heavy atom. The molecule has 0 bridgehead atoms. The third-order valence-corrected chi connectivity index (χ3v) is 4.38. The number of rotatable bonds is 2. The van der Waals surface area contributed by atoms with Gasteiger partial charge in [-0.3, -0.25) is 4.90 Å². The van der Waals surface area contributed by atoms with Crippen molar-refractivity contribution in [2.75, 3.05) is 17.2 Å². The summed E-state index contributed by atoms with van der Waals surface area (Å²) in [4.78, 5) is 13.9. The zero-order valence-corrected chi connectivity index (χ0v) is 15.1. The minimum atomic E-state index is -3.80. The first-order valence-electron chi connectivity index (χ1n) is 7.09. The topological polar surface area (TPSA) is 72.9 Å². The van der Waals surface area contributed by atoms with E-state index in [1.54, 1.807) is 52.0 Å². The van der Waals surface area contributed by atoms with Crippen LogP contribution in [0, 0.1) is 0 Å². The van der Waals surface area contributed by atoms with Crippen molar-refractivity contribution in [3.63, 3.8) is 0 Å². The Morgan fingerprint density at radius 3 is 2.57 bits per heavy atom. The average Bonchev–Trinajstić information content (AvgIpc) is 2.32. The fraction of sp³-hybridized carbons (Fsp3) is 0.533. The van der Waals surface area contributed by atoms with Crippen LogP contribution < -0.4 is 9.64 Å². The van der Waals surface area contributed by atoms with Gasteiger partial charge in [0.25, 0.3) is 0 Å². The zero-order valence-electron chi connectivity index (χ0n) is 13.5. The predicted octanol–water partition coefficient (Wildman–Crippen LogP) is 3.15. The molecule has 1 heterocycles. The van der Waals surface area contributed by atoms with E-state index in [2.05, 4.69) is 0 Å². The molecule has 1 aromatic carbocycles. The van der Waals surface area contributed by atoms with Gasteiger partial charge in [-0.15, -0.1) is 0 Å². The van der Waals surface area contributed by atoms with Crippen molar-refractivity contribution in [2.45, 2.75) is 38.9 Å². The van der Waals surface area contributed by atoms with Crippen LogP contribution in [0.4, 0.5) is 10.5 Å². The minimum absolute atomic E-state index is 0.0187. The number of anilines is 1. The quantitative estimate of drug-likeness (QED) is 0.756. The van der Waals surface area contributed by atoms with Gasteiger partial charge in [0.15, 0.2) is 0 Å². The lowest BCUT2D eigenvalue weighted by molar-refractivity contribution is 0.0489. The van der Waals surface area contributed by atoms with E-state index >= 15 is 0 Å². The molecule has 0 aliphatic carbocycles. The Kier molecular flexibility index (Phi) is 4.56. The molecule has 0 N–H and O–H groups in total. The van der Waals surface area contributed by atoms with E-state index in [1.165, 1.54) is 4.90 Å². The number of carbonyl (C=O) groups excluding carboxylic acids is 1. The highest BCUT2D eigenvalue weighted by molar-refractivity contribution is 8.13. The molecular weight excluding hydrogens is 342 g/mol. The maximum absolute atomic E-state index is 12.5. The Morgan fingerprint density at radius 2 is 2.00 bits per heavy atom. The van der Waals surface area contributed by atoms with Gasteiger partial charge >= 0.3 is 6.09 Å². The van der Waals surface area contributed by atoms with Crippen LogP contribution in [0.25, 0.3) is 0 Å².